The van der Waals surface area contributed by atoms with Gasteiger partial charge in [-0.2, -0.15) is 0 Å². The minimum atomic E-state index is -0.968. The van der Waals surface area contributed by atoms with Crippen molar-refractivity contribution in [1.29, 1.82) is 0 Å². The van der Waals surface area contributed by atoms with Gasteiger partial charge in [-0.1, -0.05) is 0 Å². The number of halogens is 2. The van der Waals surface area contributed by atoms with E-state index in [9.17, 15) is 13.6 Å². The zero-order valence-corrected chi connectivity index (χ0v) is 8.18. The summed E-state index contributed by atoms with van der Waals surface area (Å²) in [6, 6.07) is 1.88. The molecule has 15 heavy (non-hydrogen) atoms. The summed E-state index contributed by atoms with van der Waals surface area (Å²) < 4.78 is 26.5. The Morgan fingerprint density at radius 3 is 2.40 bits per heavy atom. The van der Waals surface area contributed by atoms with Gasteiger partial charge in [0, 0.05) is 6.54 Å². The fourth-order valence-electron chi connectivity index (χ4n) is 1.18. The second kappa shape index (κ2) is 4.88. The van der Waals surface area contributed by atoms with Crippen LogP contribution in [0.3, 0.4) is 0 Å². The molecule has 0 fully saturated rings. The van der Waals surface area contributed by atoms with Crippen LogP contribution in [-0.2, 0) is 0 Å². The molecule has 0 aliphatic heterocycles. The standard InChI is InChI=1S/C9H10BF2NO2/c1-2-13-9(14)8-6(11)3-5(10-15)4-7(8)12/h3-4,10,15H,2H2,1H3,(H,13,14). The van der Waals surface area contributed by atoms with Gasteiger partial charge in [-0.15, -0.1) is 0 Å². The van der Waals surface area contributed by atoms with Crippen molar-refractivity contribution >= 4 is 18.9 Å². The molecule has 0 saturated carbocycles. The van der Waals surface area contributed by atoms with Gasteiger partial charge in [0.1, 0.15) is 17.2 Å². The largest absolute Gasteiger partial charge is 0.449 e. The van der Waals surface area contributed by atoms with Crippen LogP contribution in [0.4, 0.5) is 8.78 Å². The highest BCUT2D eigenvalue weighted by atomic mass is 19.1. The average Bonchev–Trinajstić information content (AvgIpc) is 2.16. The first-order valence-electron chi connectivity index (χ1n) is 4.47. The monoisotopic (exact) mass is 213 g/mol. The Bertz CT molecular complexity index is 361. The summed E-state index contributed by atoms with van der Waals surface area (Å²) in [6.45, 7) is 1.94. The molecule has 0 saturated heterocycles. The Balaban J connectivity index is 3.13. The van der Waals surface area contributed by atoms with E-state index in [4.69, 9.17) is 5.02 Å². The molecular weight excluding hydrogens is 203 g/mol. The van der Waals surface area contributed by atoms with Crippen LogP contribution in [0.2, 0.25) is 0 Å². The fraction of sp³-hybridized carbons (Fsp3) is 0.222. The summed E-state index contributed by atoms with van der Waals surface area (Å²) >= 11 is 0. The van der Waals surface area contributed by atoms with E-state index >= 15 is 0 Å². The van der Waals surface area contributed by atoms with E-state index in [-0.39, 0.29) is 5.46 Å². The molecule has 1 aromatic carbocycles. The first kappa shape index (κ1) is 11.6. The number of carbonyl (C=O) groups is 1. The van der Waals surface area contributed by atoms with Crippen LogP contribution in [0.25, 0.3) is 0 Å². The van der Waals surface area contributed by atoms with Gasteiger partial charge in [0.25, 0.3) is 5.91 Å². The maximum Gasteiger partial charge on any atom is 0.304 e. The molecule has 0 unspecified atom stereocenters. The second-order valence-electron chi connectivity index (χ2n) is 2.95. The summed E-state index contributed by atoms with van der Waals surface area (Å²) in [6.07, 6.45) is 0. The van der Waals surface area contributed by atoms with Gasteiger partial charge in [-0.3, -0.25) is 4.79 Å². The average molecular weight is 213 g/mol. The van der Waals surface area contributed by atoms with E-state index < -0.39 is 30.6 Å². The minimum absolute atomic E-state index is 0.0954. The van der Waals surface area contributed by atoms with E-state index in [0.29, 0.717) is 6.54 Å². The molecule has 1 amide bonds. The lowest BCUT2D eigenvalue weighted by molar-refractivity contribution is 0.0947. The van der Waals surface area contributed by atoms with Crippen molar-refractivity contribution in [1.82, 2.24) is 5.32 Å². The number of hydrogen-bond acceptors (Lipinski definition) is 2. The Morgan fingerprint density at radius 1 is 1.47 bits per heavy atom. The van der Waals surface area contributed by atoms with Crippen molar-refractivity contribution in [3.63, 3.8) is 0 Å². The summed E-state index contributed by atoms with van der Waals surface area (Å²) in [5.41, 5.74) is -0.521. The molecule has 0 bridgehead atoms. The van der Waals surface area contributed by atoms with Gasteiger partial charge in [-0.25, -0.2) is 8.78 Å². The lowest BCUT2D eigenvalue weighted by atomic mass is 9.87. The van der Waals surface area contributed by atoms with Crippen LogP contribution in [0.5, 0.6) is 0 Å². The van der Waals surface area contributed by atoms with E-state index in [1.165, 1.54) is 0 Å². The first-order valence-corrected chi connectivity index (χ1v) is 4.47. The number of hydrogen-bond donors (Lipinski definition) is 2. The van der Waals surface area contributed by atoms with Crippen molar-refractivity contribution in [3.05, 3.63) is 29.3 Å². The van der Waals surface area contributed by atoms with Gasteiger partial charge in [0.2, 0.25) is 0 Å². The van der Waals surface area contributed by atoms with E-state index in [0.717, 1.165) is 12.1 Å². The lowest BCUT2D eigenvalue weighted by Gasteiger charge is -2.06. The van der Waals surface area contributed by atoms with Crippen molar-refractivity contribution in [2.75, 3.05) is 6.54 Å². The van der Waals surface area contributed by atoms with Crippen LogP contribution >= 0.6 is 0 Å². The molecule has 0 atom stereocenters. The smallest absolute Gasteiger partial charge is 0.304 e. The van der Waals surface area contributed by atoms with Gasteiger partial charge >= 0.3 is 7.48 Å². The number of nitrogens with one attached hydrogen (secondary N) is 1. The molecule has 0 radical (unpaired) electrons. The quantitative estimate of drug-likeness (QED) is 0.676. The Labute approximate surface area is 86.4 Å². The van der Waals surface area contributed by atoms with E-state index in [1.807, 2.05) is 0 Å². The minimum Gasteiger partial charge on any atom is -0.449 e. The molecule has 3 nitrogen and oxygen atoms in total. The zero-order chi connectivity index (χ0) is 11.4. The normalized spacial score (nSPS) is 9.87. The Hall–Kier alpha value is -1.43. The third kappa shape index (κ3) is 2.53. The number of benzene rings is 1. The van der Waals surface area contributed by atoms with Crippen molar-refractivity contribution < 1.29 is 18.6 Å². The summed E-state index contributed by atoms with van der Waals surface area (Å²) in [5, 5.41) is 11.0. The molecule has 0 aliphatic carbocycles. The highest BCUT2D eigenvalue weighted by molar-refractivity contribution is 6.45. The van der Waals surface area contributed by atoms with Crippen molar-refractivity contribution in [3.8, 4) is 0 Å². The van der Waals surface area contributed by atoms with E-state index in [1.54, 1.807) is 6.92 Å². The molecule has 0 heterocycles. The Kier molecular flexibility index (Phi) is 3.79. The van der Waals surface area contributed by atoms with Crippen LogP contribution in [0, 0.1) is 11.6 Å². The molecule has 1 rings (SSSR count). The van der Waals surface area contributed by atoms with Crippen LogP contribution in [-0.4, -0.2) is 25.0 Å². The van der Waals surface area contributed by atoms with Gasteiger partial charge in [0.15, 0.2) is 0 Å². The van der Waals surface area contributed by atoms with Crippen molar-refractivity contribution in [2.24, 2.45) is 0 Å². The van der Waals surface area contributed by atoms with Gasteiger partial charge < -0.3 is 10.3 Å². The topological polar surface area (TPSA) is 49.3 Å². The fourth-order valence-corrected chi connectivity index (χ4v) is 1.18. The van der Waals surface area contributed by atoms with Crippen LogP contribution < -0.4 is 10.8 Å². The lowest BCUT2D eigenvalue weighted by Crippen LogP contribution is -2.27. The van der Waals surface area contributed by atoms with Crippen LogP contribution in [0.1, 0.15) is 17.3 Å². The Morgan fingerprint density at radius 2 is 2.00 bits per heavy atom. The zero-order valence-electron chi connectivity index (χ0n) is 8.18. The second-order valence-corrected chi connectivity index (χ2v) is 2.95. The van der Waals surface area contributed by atoms with Gasteiger partial charge in [0.05, 0.1) is 0 Å². The number of rotatable bonds is 3. The molecule has 0 aliphatic rings. The molecule has 2 N–H and O–H groups in total. The molecule has 80 valence electrons. The maximum atomic E-state index is 13.3. The molecule has 6 heteroatoms. The predicted octanol–water partition coefficient (Wildman–Crippen LogP) is -0.316. The highest BCUT2D eigenvalue weighted by Gasteiger charge is 2.17. The first-order chi connectivity index (χ1) is 7.10. The summed E-state index contributed by atoms with van der Waals surface area (Å²) in [7, 11) is -0.469. The summed E-state index contributed by atoms with van der Waals surface area (Å²) in [4.78, 5) is 11.2. The van der Waals surface area contributed by atoms with Crippen molar-refractivity contribution in [2.45, 2.75) is 6.92 Å². The number of carbonyl (C=O) groups excluding carboxylic acids is 1. The predicted molar refractivity (Wildman–Crippen MR) is 53.4 cm³/mol. The third-order valence-electron chi connectivity index (χ3n) is 1.85. The van der Waals surface area contributed by atoms with Crippen LogP contribution in [0.15, 0.2) is 12.1 Å². The SMILES string of the molecule is CCNC(=O)c1c(F)cc(BO)cc1F. The maximum absolute atomic E-state index is 13.3. The molecular formula is C9H10BF2NO2. The summed E-state index contributed by atoms with van der Waals surface area (Å²) in [5.74, 6) is -2.73. The van der Waals surface area contributed by atoms with E-state index in [2.05, 4.69) is 5.32 Å². The molecule has 0 spiro atoms. The van der Waals surface area contributed by atoms with Gasteiger partial charge in [-0.05, 0) is 24.5 Å². The third-order valence-corrected chi connectivity index (χ3v) is 1.85. The number of amides is 1. The molecule has 1 aromatic rings. The molecule has 0 aromatic heterocycles. The highest BCUT2D eigenvalue weighted by Crippen LogP contribution is 2.10.